The number of halogens is 1. The zero-order valence-electron chi connectivity index (χ0n) is 17.2. The van der Waals surface area contributed by atoms with E-state index in [1.54, 1.807) is 32.5 Å². The standard InChI is InChI=1S/C23H21FN4O3/c1-25-22(29)19-6-5-14(13-27-19)10-16-11-17-15(12-20(16)31-2)7-9-28(23(17)30)21-18(24)4-3-8-26-21/h3-6,8,11-13H,7,9-10H2,1-2H3,(H,25,29). The zero-order chi connectivity index (χ0) is 22.0. The summed E-state index contributed by atoms with van der Waals surface area (Å²) in [4.78, 5) is 34.4. The predicted molar refractivity (Wildman–Crippen MR) is 113 cm³/mol. The van der Waals surface area contributed by atoms with Gasteiger partial charge in [-0.05, 0) is 53.4 Å². The number of pyridine rings is 2. The van der Waals surface area contributed by atoms with E-state index in [-0.39, 0.29) is 17.6 Å². The molecule has 1 aliphatic heterocycles. The predicted octanol–water partition coefficient (Wildman–Crippen LogP) is 2.78. The van der Waals surface area contributed by atoms with E-state index in [2.05, 4.69) is 15.3 Å². The molecule has 1 aliphatic rings. The van der Waals surface area contributed by atoms with Crippen LogP contribution < -0.4 is 15.0 Å². The first-order valence-corrected chi connectivity index (χ1v) is 9.81. The third kappa shape index (κ3) is 3.96. The molecule has 3 aromatic rings. The minimum Gasteiger partial charge on any atom is -0.496 e. The van der Waals surface area contributed by atoms with Crippen molar-refractivity contribution in [2.45, 2.75) is 12.8 Å². The van der Waals surface area contributed by atoms with Gasteiger partial charge in [-0.2, -0.15) is 0 Å². The summed E-state index contributed by atoms with van der Waals surface area (Å²) in [7, 11) is 3.13. The van der Waals surface area contributed by atoms with Crippen molar-refractivity contribution in [2.75, 3.05) is 25.6 Å². The Bertz CT molecular complexity index is 1150. The van der Waals surface area contributed by atoms with Gasteiger partial charge in [0.2, 0.25) is 0 Å². The molecule has 4 rings (SSSR count). The number of hydrogen-bond acceptors (Lipinski definition) is 5. The Morgan fingerprint density at radius 3 is 2.77 bits per heavy atom. The molecule has 0 atom stereocenters. The summed E-state index contributed by atoms with van der Waals surface area (Å²) in [5.74, 6) is -0.389. The Hall–Kier alpha value is -3.81. The lowest BCUT2D eigenvalue weighted by molar-refractivity contribution is 0.0955. The molecule has 0 bridgehead atoms. The molecule has 0 saturated carbocycles. The smallest absolute Gasteiger partial charge is 0.269 e. The number of nitrogens with one attached hydrogen (secondary N) is 1. The van der Waals surface area contributed by atoms with Crippen LogP contribution >= 0.6 is 0 Å². The van der Waals surface area contributed by atoms with Gasteiger partial charge in [0.05, 0.1) is 7.11 Å². The van der Waals surface area contributed by atoms with Crippen LogP contribution in [0.25, 0.3) is 0 Å². The first-order chi connectivity index (χ1) is 15.0. The highest BCUT2D eigenvalue weighted by Gasteiger charge is 2.29. The van der Waals surface area contributed by atoms with Gasteiger partial charge in [0.15, 0.2) is 11.6 Å². The third-order valence-electron chi connectivity index (χ3n) is 5.26. The van der Waals surface area contributed by atoms with Crippen LogP contribution in [-0.4, -0.2) is 42.5 Å². The van der Waals surface area contributed by atoms with Crippen LogP contribution in [0.15, 0.2) is 48.8 Å². The summed E-state index contributed by atoms with van der Waals surface area (Å²) in [6.07, 6.45) is 4.12. The number of carbonyl (C=O) groups excluding carboxylic acids is 2. The molecule has 2 amide bonds. The SMILES string of the molecule is CNC(=O)c1ccc(Cc2cc3c(cc2OC)CCN(c2ncccc2F)C3=O)cn1. The van der Waals surface area contributed by atoms with Crippen LogP contribution in [0, 0.1) is 5.82 Å². The van der Waals surface area contributed by atoms with Gasteiger partial charge in [-0.15, -0.1) is 0 Å². The zero-order valence-corrected chi connectivity index (χ0v) is 17.2. The molecule has 7 nitrogen and oxygen atoms in total. The van der Waals surface area contributed by atoms with Crippen LogP contribution in [0.2, 0.25) is 0 Å². The number of rotatable bonds is 5. The van der Waals surface area contributed by atoms with Crippen LogP contribution in [0.4, 0.5) is 10.2 Å². The fourth-order valence-electron chi connectivity index (χ4n) is 3.67. The number of carbonyl (C=O) groups is 2. The van der Waals surface area contributed by atoms with Gasteiger partial charge in [-0.25, -0.2) is 9.37 Å². The summed E-state index contributed by atoms with van der Waals surface area (Å²) in [6, 6.07) is 9.90. The molecule has 0 saturated heterocycles. The second-order valence-corrected chi connectivity index (χ2v) is 7.14. The maximum Gasteiger partial charge on any atom is 0.269 e. The minimum atomic E-state index is -0.532. The Morgan fingerprint density at radius 2 is 2.10 bits per heavy atom. The molecule has 8 heteroatoms. The molecule has 0 aliphatic carbocycles. The van der Waals surface area contributed by atoms with E-state index in [1.807, 2.05) is 12.1 Å². The highest BCUT2D eigenvalue weighted by atomic mass is 19.1. The first kappa shape index (κ1) is 20.5. The molecule has 0 spiro atoms. The fourth-order valence-corrected chi connectivity index (χ4v) is 3.67. The first-order valence-electron chi connectivity index (χ1n) is 9.81. The lowest BCUT2D eigenvalue weighted by Gasteiger charge is -2.29. The third-order valence-corrected chi connectivity index (χ3v) is 5.26. The Labute approximate surface area is 178 Å². The van der Waals surface area contributed by atoms with E-state index < -0.39 is 5.82 Å². The van der Waals surface area contributed by atoms with Crippen LogP contribution in [-0.2, 0) is 12.8 Å². The van der Waals surface area contributed by atoms with Crippen molar-refractivity contribution in [1.29, 1.82) is 0 Å². The summed E-state index contributed by atoms with van der Waals surface area (Å²) >= 11 is 0. The normalized spacial score (nSPS) is 13.0. The number of benzene rings is 1. The quantitative estimate of drug-likeness (QED) is 0.686. The van der Waals surface area contributed by atoms with Crippen LogP contribution in [0.1, 0.15) is 37.5 Å². The number of anilines is 1. The second-order valence-electron chi connectivity index (χ2n) is 7.14. The van der Waals surface area contributed by atoms with E-state index in [4.69, 9.17) is 4.74 Å². The van der Waals surface area contributed by atoms with Crippen molar-refractivity contribution in [2.24, 2.45) is 0 Å². The van der Waals surface area contributed by atoms with Crippen molar-refractivity contribution < 1.29 is 18.7 Å². The summed E-state index contributed by atoms with van der Waals surface area (Å²) in [6.45, 7) is 0.340. The van der Waals surface area contributed by atoms with Crippen LogP contribution in [0.3, 0.4) is 0 Å². The number of aromatic nitrogens is 2. The molecule has 1 aromatic carbocycles. The Morgan fingerprint density at radius 1 is 1.26 bits per heavy atom. The highest BCUT2D eigenvalue weighted by molar-refractivity contribution is 6.08. The van der Waals surface area contributed by atoms with Gasteiger partial charge in [0.1, 0.15) is 11.4 Å². The molecule has 0 unspecified atom stereocenters. The van der Waals surface area contributed by atoms with E-state index in [9.17, 15) is 14.0 Å². The summed E-state index contributed by atoms with van der Waals surface area (Å²) in [5, 5.41) is 2.53. The van der Waals surface area contributed by atoms with Gasteiger partial charge in [-0.3, -0.25) is 19.5 Å². The molecular formula is C23H21FN4O3. The lowest BCUT2D eigenvalue weighted by atomic mass is 9.93. The average molecular weight is 420 g/mol. The van der Waals surface area contributed by atoms with Gasteiger partial charge in [-0.1, -0.05) is 6.07 Å². The maximum atomic E-state index is 14.2. The topological polar surface area (TPSA) is 84.4 Å². The van der Waals surface area contributed by atoms with E-state index in [1.165, 1.54) is 23.2 Å². The molecule has 0 radical (unpaired) electrons. The molecule has 1 N–H and O–H groups in total. The lowest BCUT2D eigenvalue weighted by Crippen LogP contribution is -2.38. The molecule has 3 heterocycles. The summed E-state index contributed by atoms with van der Waals surface area (Å²) in [5.41, 5.74) is 3.34. The number of methoxy groups -OCH3 is 1. The number of nitrogens with zero attached hydrogens (tertiary/aromatic N) is 3. The van der Waals surface area contributed by atoms with Crippen molar-refractivity contribution in [3.05, 3.63) is 82.6 Å². The average Bonchev–Trinajstić information content (AvgIpc) is 2.80. The Kier molecular flexibility index (Phi) is 5.62. The molecule has 2 aromatic heterocycles. The summed E-state index contributed by atoms with van der Waals surface area (Å²) < 4.78 is 19.8. The highest BCUT2D eigenvalue weighted by Crippen LogP contribution is 2.31. The number of amides is 2. The largest absolute Gasteiger partial charge is 0.496 e. The van der Waals surface area contributed by atoms with Crippen molar-refractivity contribution in [1.82, 2.24) is 15.3 Å². The van der Waals surface area contributed by atoms with Crippen molar-refractivity contribution >= 4 is 17.6 Å². The number of hydrogen-bond donors (Lipinski definition) is 1. The molecule has 0 fully saturated rings. The number of ether oxygens (including phenoxy) is 1. The van der Waals surface area contributed by atoms with Gasteiger partial charge >= 0.3 is 0 Å². The van der Waals surface area contributed by atoms with Crippen molar-refractivity contribution in [3.8, 4) is 5.75 Å². The van der Waals surface area contributed by atoms with E-state index in [0.717, 1.165) is 16.7 Å². The van der Waals surface area contributed by atoms with Gasteiger partial charge in [0, 0.05) is 38.0 Å². The molecular weight excluding hydrogens is 399 g/mol. The molecule has 158 valence electrons. The van der Waals surface area contributed by atoms with E-state index >= 15 is 0 Å². The minimum absolute atomic E-state index is 0.0320. The van der Waals surface area contributed by atoms with Gasteiger partial charge < -0.3 is 10.1 Å². The number of fused-ring (bicyclic) bond motifs is 1. The Balaban J connectivity index is 1.66. The van der Waals surface area contributed by atoms with Gasteiger partial charge in [0.25, 0.3) is 11.8 Å². The van der Waals surface area contributed by atoms with Crippen molar-refractivity contribution in [3.63, 3.8) is 0 Å². The molecule has 31 heavy (non-hydrogen) atoms. The monoisotopic (exact) mass is 420 g/mol. The van der Waals surface area contributed by atoms with E-state index in [0.29, 0.717) is 36.4 Å². The second kappa shape index (κ2) is 8.51. The maximum absolute atomic E-state index is 14.2. The fraction of sp³-hybridized carbons (Fsp3) is 0.217. The van der Waals surface area contributed by atoms with Crippen LogP contribution in [0.5, 0.6) is 5.75 Å².